The molecule has 1 aliphatic rings. The van der Waals surface area contributed by atoms with Crippen molar-refractivity contribution in [3.63, 3.8) is 0 Å². The van der Waals surface area contributed by atoms with E-state index >= 15 is 0 Å². The number of methoxy groups -OCH3 is 2. The summed E-state index contributed by atoms with van der Waals surface area (Å²) in [6.45, 7) is 6.23. The van der Waals surface area contributed by atoms with Gasteiger partial charge in [-0.05, 0) is 70.6 Å². The number of ether oxygens (including phenoxy) is 4. The summed E-state index contributed by atoms with van der Waals surface area (Å²) in [6, 6.07) is 4.99. The molecular formula is C21H30O6. The van der Waals surface area contributed by atoms with E-state index in [1.54, 1.807) is 18.2 Å². The number of hydrogen-bond donors (Lipinski definition) is 0. The highest BCUT2D eigenvalue weighted by Crippen LogP contribution is 2.33. The Labute approximate surface area is 161 Å². The molecule has 0 spiro atoms. The van der Waals surface area contributed by atoms with Gasteiger partial charge < -0.3 is 18.9 Å². The summed E-state index contributed by atoms with van der Waals surface area (Å²) in [5.74, 6) is 0.949. The summed E-state index contributed by atoms with van der Waals surface area (Å²) in [4.78, 5) is 23.8. The van der Waals surface area contributed by atoms with Gasteiger partial charge in [-0.15, -0.1) is 0 Å². The first-order valence-corrected chi connectivity index (χ1v) is 9.35. The monoisotopic (exact) mass is 378 g/mol. The van der Waals surface area contributed by atoms with Crippen LogP contribution in [0.5, 0.6) is 11.5 Å². The van der Waals surface area contributed by atoms with Crippen molar-refractivity contribution in [3.05, 3.63) is 23.8 Å². The zero-order valence-electron chi connectivity index (χ0n) is 16.9. The first-order valence-electron chi connectivity index (χ1n) is 9.35. The van der Waals surface area contributed by atoms with Gasteiger partial charge in [0.2, 0.25) is 0 Å². The Bertz CT molecular complexity index is 653. The molecule has 0 saturated heterocycles. The molecule has 1 aromatic rings. The molecule has 0 aliphatic heterocycles. The van der Waals surface area contributed by atoms with Crippen LogP contribution in [-0.2, 0) is 14.3 Å². The molecule has 0 bridgehead atoms. The Morgan fingerprint density at radius 3 is 2.26 bits per heavy atom. The van der Waals surface area contributed by atoms with Crippen LogP contribution in [0.3, 0.4) is 0 Å². The van der Waals surface area contributed by atoms with Crippen LogP contribution in [0.15, 0.2) is 18.2 Å². The second-order valence-corrected chi connectivity index (χ2v) is 7.92. The topological polar surface area (TPSA) is 71.1 Å². The average molecular weight is 378 g/mol. The Balaban J connectivity index is 1.86. The van der Waals surface area contributed by atoms with Crippen molar-refractivity contribution >= 4 is 11.9 Å². The highest BCUT2D eigenvalue weighted by Gasteiger charge is 2.30. The molecule has 0 unspecified atom stereocenters. The van der Waals surface area contributed by atoms with E-state index < -0.39 is 11.6 Å². The van der Waals surface area contributed by atoms with Gasteiger partial charge in [0.1, 0.15) is 5.60 Å². The Morgan fingerprint density at radius 1 is 1.04 bits per heavy atom. The van der Waals surface area contributed by atoms with Gasteiger partial charge in [0.25, 0.3) is 0 Å². The molecule has 1 aromatic carbocycles. The Hall–Kier alpha value is -2.24. The van der Waals surface area contributed by atoms with Crippen LogP contribution in [0.2, 0.25) is 0 Å². The number of carbonyl (C=O) groups is 2. The lowest BCUT2D eigenvalue weighted by Crippen LogP contribution is -2.31. The van der Waals surface area contributed by atoms with Crippen LogP contribution in [0.1, 0.15) is 56.8 Å². The molecule has 6 heteroatoms. The summed E-state index contributed by atoms with van der Waals surface area (Å²) in [6.07, 6.45) is 3.49. The third-order valence-electron chi connectivity index (χ3n) is 4.65. The van der Waals surface area contributed by atoms with Crippen LogP contribution in [-0.4, -0.2) is 38.4 Å². The van der Waals surface area contributed by atoms with Gasteiger partial charge in [-0.3, -0.25) is 4.79 Å². The van der Waals surface area contributed by atoms with Gasteiger partial charge in [0.05, 0.1) is 32.3 Å². The van der Waals surface area contributed by atoms with Crippen molar-refractivity contribution in [2.45, 2.75) is 52.1 Å². The van der Waals surface area contributed by atoms with E-state index in [-0.39, 0.29) is 11.9 Å². The van der Waals surface area contributed by atoms with Crippen LogP contribution < -0.4 is 9.47 Å². The maximum atomic E-state index is 12.2. The minimum atomic E-state index is -0.441. The van der Waals surface area contributed by atoms with Gasteiger partial charge in [0.15, 0.2) is 11.5 Å². The molecule has 150 valence electrons. The highest BCUT2D eigenvalue weighted by molar-refractivity contribution is 5.90. The van der Waals surface area contributed by atoms with Crippen molar-refractivity contribution in [1.29, 1.82) is 0 Å². The Morgan fingerprint density at radius 2 is 1.70 bits per heavy atom. The quantitative estimate of drug-likeness (QED) is 0.697. The van der Waals surface area contributed by atoms with Crippen molar-refractivity contribution < 1.29 is 28.5 Å². The van der Waals surface area contributed by atoms with Crippen LogP contribution in [0, 0.1) is 11.8 Å². The smallest absolute Gasteiger partial charge is 0.337 e. The maximum absolute atomic E-state index is 12.2. The van der Waals surface area contributed by atoms with Crippen molar-refractivity contribution in [3.8, 4) is 11.5 Å². The van der Waals surface area contributed by atoms with Gasteiger partial charge in [-0.2, -0.15) is 0 Å². The predicted molar refractivity (Wildman–Crippen MR) is 101 cm³/mol. The summed E-state index contributed by atoms with van der Waals surface area (Å²) >= 11 is 0. The zero-order chi connectivity index (χ0) is 20.0. The van der Waals surface area contributed by atoms with E-state index in [0.717, 1.165) is 25.7 Å². The molecule has 0 N–H and O–H groups in total. The van der Waals surface area contributed by atoms with E-state index in [4.69, 9.17) is 18.9 Å². The zero-order valence-corrected chi connectivity index (χ0v) is 16.9. The third kappa shape index (κ3) is 6.15. The largest absolute Gasteiger partial charge is 0.493 e. The average Bonchev–Trinajstić information content (AvgIpc) is 2.64. The minimum Gasteiger partial charge on any atom is -0.493 e. The van der Waals surface area contributed by atoms with E-state index in [1.165, 1.54) is 14.2 Å². The van der Waals surface area contributed by atoms with Crippen LogP contribution >= 0.6 is 0 Å². The van der Waals surface area contributed by atoms with Gasteiger partial charge >= 0.3 is 11.9 Å². The lowest BCUT2D eigenvalue weighted by molar-refractivity contribution is -0.161. The van der Waals surface area contributed by atoms with Gasteiger partial charge in [-0.1, -0.05) is 0 Å². The molecule has 1 aliphatic carbocycles. The molecule has 0 aromatic heterocycles. The summed E-state index contributed by atoms with van der Waals surface area (Å²) in [5.41, 5.74) is -0.0243. The van der Waals surface area contributed by atoms with Gasteiger partial charge in [0, 0.05) is 0 Å². The second-order valence-electron chi connectivity index (χ2n) is 7.92. The standard InChI is InChI=1S/C21H30O6/c1-21(2,3)27-20(23)15-8-6-14(7-9-15)13-26-17-11-10-16(19(22)25-5)12-18(17)24-4/h10-12,14-15H,6-9,13H2,1-5H3. The number of esters is 2. The summed E-state index contributed by atoms with van der Waals surface area (Å²) in [5, 5.41) is 0. The fourth-order valence-electron chi connectivity index (χ4n) is 3.19. The van der Waals surface area contributed by atoms with Crippen LogP contribution in [0.4, 0.5) is 0 Å². The second kappa shape index (κ2) is 9.11. The number of benzene rings is 1. The van der Waals surface area contributed by atoms with Crippen molar-refractivity contribution in [1.82, 2.24) is 0 Å². The molecule has 1 fully saturated rings. The van der Waals surface area contributed by atoms with Crippen molar-refractivity contribution in [2.75, 3.05) is 20.8 Å². The molecule has 0 atom stereocenters. The van der Waals surface area contributed by atoms with E-state index in [9.17, 15) is 9.59 Å². The Kier molecular flexibility index (Phi) is 7.11. The van der Waals surface area contributed by atoms with Crippen molar-refractivity contribution in [2.24, 2.45) is 11.8 Å². The molecule has 1 saturated carbocycles. The minimum absolute atomic E-state index is 0.0191. The van der Waals surface area contributed by atoms with Gasteiger partial charge in [-0.25, -0.2) is 4.79 Å². The fraction of sp³-hybridized carbons (Fsp3) is 0.619. The van der Waals surface area contributed by atoms with E-state index in [2.05, 4.69) is 0 Å². The molecule has 2 rings (SSSR count). The molecule has 6 nitrogen and oxygen atoms in total. The first kappa shape index (κ1) is 21.1. The first-order chi connectivity index (χ1) is 12.7. The highest BCUT2D eigenvalue weighted by atomic mass is 16.6. The SMILES string of the molecule is COC(=O)c1ccc(OCC2CCC(C(=O)OC(C)(C)C)CC2)c(OC)c1. The predicted octanol–water partition coefficient (Wildman–Crippen LogP) is 4.01. The number of hydrogen-bond acceptors (Lipinski definition) is 6. The fourth-order valence-corrected chi connectivity index (χ4v) is 3.19. The molecule has 27 heavy (non-hydrogen) atoms. The number of rotatable bonds is 6. The summed E-state index contributed by atoms with van der Waals surface area (Å²) in [7, 11) is 2.88. The molecule has 0 heterocycles. The maximum Gasteiger partial charge on any atom is 0.337 e. The normalized spacial score (nSPS) is 19.9. The lowest BCUT2D eigenvalue weighted by atomic mass is 9.82. The summed E-state index contributed by atoms with van der Waals surface area (Å²) < 4.78 is 21.4. The van der Waals surface area contributed by atoms with E-state index in [1.807, 2.05) is 20.8 Å². The molecular weight excluding hydrogens is 348 g/mol. The van der Waals surface area contributed by atoms with Crippen LogP contribution in [0.25, 0.3) is 0 Å². The lowest BCUT2D eigenvalue weighted by Gasteiger charge is -2.29. The third-order valence-corrected chi connectivity index (χ3v) is 4.65. The molecule has 0 radical (unpaired) electrons. The molecule has 0 amide bonds. The van der Waals surface area contributed by atoms with E-state index in [0.29, 0.717) is 29.6 Å². The number of carbonyl (C=O) groups excluding carboxylic acids is 2.